The summed E-state index contributed by atoms with van der Waals surface area (Å²) in [6, 6.07) is 12.3. The van der Waals surface area contributed by atoms with Crippen molar-refractivity contribution in [2.45, 2.75) is 25.5 Å². The Kier molecular flexibility index (Phi) is 4.93. The van der Waals surface area contributed by atoms with Gasteiger partial charge in [0.05, 0.1) is 6.10 Å². The Morgan fingerprint density at radius 2 is 2.00 bits per heavy atom. The molecule has 18 heavy (non-hydrogen) atoms. The highest BCUT2D eigenvalue weighted by Crippen LogP contribution is 2.12. The highest BCUT2D eigenvalue weighted by atomic mass is 32.1. The molecule has 2 rings (SSSR count). The molecule has 96 valence electrons. The van der Waals surface area contributed by atoms with Crippen molar-refractivity contribution in [2.75, 3.05) is 6.54 Å². The van der Waals surface area contributed by atoms with Gasteiger partial charge in [0.15, 0.2) is 0 Å². The van der Waals surface area contributed by atoms with Crippen molar-refractivity contribution in [3.63, 3.8) is 0 Å². The molecule has 0 spiro atoms. The maximum Gasteiger partial charge on any atom is 0.0914 e. The molecule has 0 fully saturated rings. The van der Waals surface area contributed by atoms with E-state index < -0.39 is 6.10 Å². The van der Waals surface area contributed by atoms with Gasteiger partial charge in [-0.1, -0.05) is 30.3 Å². The number of nitrogens with one attached hydrogen (secondary N) is 1. The van der Waals surface area contributed by atoms with Crippen LogP contribution in [0, 0.1) is 0 Å². The Labute approximate surface area is 112 Å². The van der Waals surface area contributed by atoms with Crippen LogP contribution >= 0.6 is 11.3 Å². The largest absolute Gasteiger partial charge is 0.387 e. The molecule has 2 aromatic rings. The minimum atomic E-state index is -0.434. The van der Waals surface area contributed by atoms with Gasteiger partial charge in [0.1, 0.15) is 0 Å². The Bertz CT molecular complexity index is 441. The predicted molar refractivity (Wildman–Crippen MR) is 76.9 cm³/mol. The monoisotopic (exact) mass is 261 g/mol. The fraction of sp³-hybridized carbons (Fsp3) is 0.333. The average Bonchev–Trinajstić information content (AvgIpc) is 2.90. The molecule has 3 heteroatoms. The summed E-state index contributed by atoms with van der Waals surface area (Å²) >= 11 is 1.73. The highest BCUT2D eigenvalue weighted by molar-refractivity contribution is 7.07. The van der Waals surface area contributed by atoms with E-state index in [1.54, 1.807) is 11.3 Å². The Hall–Kier alpha value is -1.16. The molecule has 2 atom stereocenters. The summed E-state index contributed by atoms with van der Waals surface area (Å²) < 4.78 is 0. The van der Waals surface area contributed by atoms with E-state index in [1.807, 2.05) is 30.3 Å². The van der Waals surface area contributed by atoms with Gasteiger partial charge in [0.25, 0.3) is 0 Å². The molecule has 0 saturated carbocycles. The van der Waals surface area contributed by atoms with E-state index in [4.69, 9.17) is 0 Å². The Balaban J connectivity index is 1.77. The van der Waals surface area contributed by atoms with Gasteiger partial charge in [-0.05, 0) is 41.3 Å². The molecule has 0 aliphatic carbocycles. The van der Waals surface area contributed by atoms with E-state index in [9.17, 15) is 5.11 Å². The topological polar surface area (TPSA) is 32.3 Å². The molecule has 0 radical (unpaired) electrons. The summed E-state index contributed by atoms with van der Waals surface area (Å²) in [4.78, 5) is 0. The first kappa shape index (κ1) is 13.3. The molecule has 2 nitrogen and oxygen atoms in total. The van der Waals surface area contributed by atoms with Crippen LogP contribution in [0.25, 0.3) is 0 Å². The lowest BCUT2D eigenvalue weighted by molar-refractivity contribution is 0.170. The second-order valence-electron chi connectivity index (χ2n) is 4.57. The fourth-order valence-corrected chi connectivity index (χ4v) is 2.62. The predicted octanol–water partition coefficient (Wildman–Crippen LogP) is 3.00. The summed E-state index contributed by atoms with van der Waals surface area (Å²) in [7, 11) is 0. The minimum Gasteiger partial charge on any atom is -0.387 e. The van der Waals surface area contributed by atoms with Crippen molar-refractivity contribution < 1.29 is 5.11 Å². The lowest BCUT2D eigenvalue weighted by Gasteiger charge is -2.17. The molecule has 1 heterocycles. The van der Waals surface area contributed by atoms with Gasteiger partial charge < -0.3 is 10.4 Å². The average molecular weight is 261 g/mol. The van der Waals surface area contributed by atoms with Crippen molar-refractivity contribution in [3.8, 4) is 0 Å². The number of rotatable bonds is 6. The van der Waals surface area contributed by atoms with Crippen molar-refractivity contribution >= 4 is 11.3 Å². The molecule has 0 saturated heterocycles. The van der Waals surface area contributed by atoms with E-state index in [1.165, 1.54) is 5.56 Å². The van der Waals surface area contributed by atoms with Gasteiger partial charge in [-0.25, -0.2) is 0 Å². The van der Waals surface area contributed by atoms with Crippen LogP contribution in [0.1, 0.15) is 24.2 Å². The second-order valence-corrected chi connectivity index (χ2v) is 5.35. The van der Waals surface area contributed by atoms with E-state index in [2.05, 4.69) is 29.1 Å². The summed E-state index contributed by atoms with van der Waals surface area (Å²) in [5.74, 6) is 0. The number of thiophene rings is 1. The fourth-order valence-electron chi connectivity index (χ4n) is 1.94. The summed E-state index contributed by atoms with van der Waals surface area (Å²) in [5, 5.41) is 17.7. The third kappa shape index (κ3) is 3.95. The van der Waals surface area contributed by atoms with Crippen LogP contribution in [0.4, 0.5) is 0 Å². The third-order valence-corrected chi connectivity index (χ3v) is 3.70. The van der Waals surface area contributed by atoms with Gasteiger partial charge in [-0.2, -0.15) is 11.3 Å². The maximum atomic E-state index is 10.0. The zero-order chi connectivity index (χ0) is 12.8. The van der Waals surface area contributed by atoms with Crippen LogP contribution in [-0.4, -0.2) is 17.7 Å². The molecule has 1 aromatic carbocycles. The summed E-state index contributed by atoms with van der Waals surface area (Å²) in [5.41, 5.74) is 2.32. The Morgan fingerprint density at radius 3 is 2.67 bits per heavy atom. The zero-order valence-electron chi connectivity index (χ0n) is 10.5. The van der Waals surface area contributed by atoms with Gasteiger partial charge >= 0.3 is 0 Å². The molecular formula is C15H19NOS. The molecular weight excluding hydrogens is 242 g/mol. The van der Waals surface area contributed by atoms with Crippen molar-refractivity contribution in [3.05, 3.63) is 58.3 Å². The van der Waals surface area contributed by atoms with Crippen LogP contribution in [-0.2, 0) is 6.42 Å². The van der Waals surface area contributed by atoms with E-state index in [0.717, 1.165) is 12.0 Å². The first-order chi connectivity index (χ1) is 8.75. The Morgan fingerprint density at radius 1 is 1.22 bits per heavy atom. The van der Waals surface area contributed by atoms with E-state index >= 15 is 0 Å². The highest BCUT2D eigenvalue weighted by Gasteiger charge is 2.09. The van der Waals surface area contributed by atoms with Crippen molar-refractivity contribution in [1.82, 2.24) is 5.32 Å². The first-order valence-electron chi connectivity index (χ1n) is 6.23. The van der Waals surface area contributed by atoms with E-state index in [0.29, 0.717) is 12.6 Å². The number of aliphatic hydroxyl groups excluding tert-OH is 1. The van der Waals surface area contributed by atoms with Crippen LogP contribution in [0.15, 0.2) is 47.2 Å². The first-order valence-corrected chi connectivity index (χ1v) is 7.17. The standard InChI is InChI=1S/C15H19NOS/c1-12(9-13-7-8-18-11-13)16-10-15(17)14-5-3-2-4-6-14/h2-8,11-12,15-17H,9-10H2,1H3. The number of hydrogen-bond donors (Lipinski definition) is 2. The summed E-state index contributed by atoms with van der Waals surface area (Å²) in [6.45, 7) is 2.74. The van der Waals surface area contributed by atoms with Crippen LogP contribution < -0.4 is 5.32 Å². The van der Waals surface area contributed by atoms with Crippen molar-refractivity contribution in [1.29, 1.82) is 0 Å². The molecule has 2 N–H and O–H groups in total. The van der Waals surface area contributed by atoms with Gasteiger partial charge in [0, 0.05) is 12.6 Å². The lowest BCUT2D eigenvalue weighted by Crippen LogP contribution is -2.31. The zero-order valence-corrected chi connectivity index (χ0v) is 11.4. The maximum absolute atomic E-state index is 10.0. The third-order valence-electron chi connectivity index (χ3n) is 2.97. The second kappa shape index (κ2) is 6.69. The molecule has 2 unspecified atom stereocenters. The van der Waals surface area contributed by atoms with Crippen molar-refractivity contribution in [2.24, 2.45) is 0 Å². The molecule has 0 bridgehead atoms. The molecule has 0 aliphatic heterocycles. The van der Waals surface area contributed by atoms with Crippen LogP contribution in [0.2, 0.25) is 0 Å². The van der Waals surface area contributed by atoms with Gasteiger partial charge in [-0.3, -0.25) is 0 Å². The van der Waals surface area contributed by atoms with Crippen LogP contribution in [0.5, 0.6) is 0 Å². The molecule has 0 amide bonds. The normalized spacial score (nSPS) is 14.3. The SMILES string of the molecule is CC(Cc1ccsc1)NCC(O)c1ccccc1. The van der Waals surface area contributed by atoms with Gasteiger partial charge in [0.2, 0.25) is 0 Å². The van der Waals surface area contributed by atoms with Gasteiger partial charge in [-0.15, -0.1) is 0 Å². The quantitative estimate of drug-likeness (QED) is 0.838. The smallest absolute Gasteiger partial charge is 0.0914 e. The number of benzene rings is 1. The lowest BCUT2D eigenvalue weighted by atomic mass is 10.1. The van der Waals surface area contributed by atoms with E-state index in [-0.39, 0.29) is 0 Å². The summed E-state index contributed by atoms with van der Waals surface area (Å²) in [6.07, 6.45) is 0.571. The number of hydrogen-bond acceptors (Lipinski definition) is 3. The molecule has 0 aliphatic rings. The molecule has 1 aromatic heterocycles. The number of aliphatic hydroxyl groups is 1. The van der Waals surface area contributed by atoms with Crippen LogP contribution in [0.3, 0.4) is 0 Å². The minimum absolute atomic E-state index is 0.373.